The Kier molecular flexibility index (Phi) is 9.10. The summed E-state index contributed by atoms with van der Waals surface area (Å²) in [5.41, 5.74) is 0. The van der Waals surface area contributed by atoms with Crippen LogP contribution in [0.15, 0.2) is 0 Å². The van der Waals surface area contributed by atoms with Crippen LogP contribution in [-0.2, 0) is 9.59 Å². The van der Waals surface area contributed by atoms with E-state index in [0.29, 0.717) is 19.1 Å². The topological polar surface area (TPSA) is 60.9 Å². The number of alkyl halides is 3. The lowest BCUT2D eigenvalue weighted by atomic mass is 10.0. The van der Waals surface area contributed by atoms with Crippen LogP contribution < -0.4 is 0 Å². The van der Waals surface area contributed by atoms with Crippen molar-refractivity contribution in [3.63, 3.8) is 0 Å². The number of carboxylic acid groups (broad SMARTS) is 1. The lowest BCUT2D eigenvalue weighted by Crippen LogP contribution is -2.47. The van der Waals surface area contributed by atoms with Gasteiger partial charge in [-0.1, -0.05) is 12.8 Å². The van der Waals surface area contributed by atoms with Crippen molar-refractivity contribution >= 4 is 12.4 Å². The van der Waals surface area contributed by atoms with Crippen LogP contribution in [0, 0.1) is 0 Å². The molecule has 1 N–H and O–H groups in total. The Bertz CT molecular complexity index is 375. The van der Waals surface area contributed by atoms with E-state index in [9.17, 15) is 18.0 Å². The molecule has 8 heteroatoms. The summed E-state index contributed by atoms with van der Waals surface area (Å²) < 4.78 is 36.4. The molecule has 0 atom stereocenters. The smallest absolute Gasteiger partial charge is 0.389 e. The zero-order valence-electron chi connectivity index (χ0n) is 13.9. The highest BCUT2D eigenvalue weighted by Crippen LogP contribution is 2.24. The largest absolute Gasteiger partial charge is 0.483 e. The monoisotopic (exact) mass is 352 g/mol. The minimum absolute atomic E-state index is 0.250. The third-order valence-corrected chi connectivity index (χ3v) is 4.60. The molecule has 1 amide bonds. The second-order valence-electron chi connectivity index (χ2n) is 6.28. The molecule has 0 spiro atoms. The van der Waals surface area contributed by atoms with Gasteiger partial charge in [-0.3, -0.25) is 9.59 Å². The summed E-state index contributed by atoms with van der Waals surface area (Å²) in [7, 11) is 0. The molecule has 0 aromatic heterocycles. The van der Waals surface area contributed by atoms with Gasteiger partial charge in [-0.15, -0.1) is 0 Å². The van der Waals surface area contributed by atoms with E-state index >= 15 is 0 Å². The number of likely N-dealkylation sites (tertiary alicyclic amines) is 2. The predicted octanol–water partition coefficient (Wildman–Crippen LogP) is 2.90. The summed E-state index contributed by atoms with van der Waals surface area (Å²) in [6.07, 6.45) is 1.23. The standard InChI is InChI=1S/C15H25F3N2O.CH2O2/c16-15(17,18)8-5-14(21)20-11-6-13(7-12-20)19-9-3-1-2-4-10-19;2-1-3/h13H,1-12H2;1H,(H,2,3). The molecular formula is C16H27F3N2O3. The van der Waals surface area contributed by atoms with E-state index in [-0.39, 0.29) is 12.4 Å². The summed E-state index contributed by atoms with van der Waals surface area (Å²) in [5.74, 6) is -0.346. The second kappa shape index (κ2) is 10.5. The Labute approximate surface area is 140 Å². The van der Waals surface area contributed by atoms with Crippen LogP contribution in [0.25, 0.3) is 0 Å². The molecule has 24 heavy (non-hydrogen) atoms. The van der Waals surface area contributed by atoms with Gasteiger partial charge in [0.15, 0.2) is 0 Å². The van der Waals surface area contributed by atoms with Crippen molar-refractivity contribution < 1.29 is 27.9 Å². The fraction of sp³-hybridized carbons (Fsp3) is 0.875. The van der Waals surface area contributed by atoms with Crippen molar-refractivity contribution in [2.24, 2.45) is 0 Å². The van der Waals surface area contributed by atoms with E-state index in [1.165, 1.54) is 25.7 Å². The number of amides is 1. The van der Waals surface area contributed by atoms with Gasteiger partial charge in [-0.2, -0.15) is 13.2 Å². The van der Waals surface area contributed by atoms with Gasteiger partial charge in [-0.25, -0.2) is 0 Å². The van der Waals surface area contributed by atoms with E-state index in [1.807, 2.05) is 0 Å². The van der Waals surface area contributed by atoms with Crippen LogP contribution in [0.5, 0.6) is 0 Å². The SMILES string of the molecule is O=C(CCC(F)(F)F)N1CCC(N2CCCCCC2)CC1.O=CO. The highest BCUT2D eigenvalue weighted by molar-refractivity contribution is 5.76. The summed E-state index contributed by atoms with van der Waals surface area (Å²) >= 11 is 0. The molecule has 0 unspecified atom stereocenters. The summed E-state index contributed by atoms with van der Waals surface area (Å²) in [5, 5.41) is 6.89. The van der Waals surface area contributed by atoms with Crippen LogP contribution >= 0.6 is 0 Å². The first-order chi connectivity index (χ1) is 11.4. The lowest BCUT2D eigenvalue weighted by molar-refractivity contribution is -0.150. The molecule has 0 aromatic carbocycles. The van der Waals surface area contributed by atoms with Crippen molar-refractivity contribution in [3.8, 4) is 0 Å². The maximum absolute atomic E-state index is 12.1. The van der Waals surface area contributed by atoms with Crippen molar-refractivity contribution in [1.29, 1.82) is 0 Å². The molecule has 2 aliphatic rings. The van der Waals surface area contributed by atoms with Crippen molar-refractivity contribution in [2.45, 2.75) is 63.6 Å². The van der Waals surface area contributed by atoms with Gasteiger partial charge < -0.3 is 14.9 Å². The first kappa shape index (κ1) is 20.7. The molecule has 0 aliphatic carbocycles. The molecule has 140 valence electrons. The second-order valence-corrected chi connectivity index (χ2v) is 6.28. The predicted molar refractivity (Wildman–Crippen MR) is 83.6 cm³/mol. The third kappa shape index (κ3) is 7.99. The average molecular weight is 352 g/mol. The van der Waals surface area contributed by atoms with Crippen LogP contribution in [-0.4, -0.2) is 65.7 Å². The number of carbonyl (C=O) groups excluding carboxylic acids is 1. The van der Waals surface area contributed by atoms with E-state index in [0.717, 1.165) is 25.9 Å². The minimum atomic E-state index is -4.24. The van der Waals surface area contributed by atoms with Gasteiger partial charge in [0.05, 0.1) is 6.42 Å². The Morgan fingerprint density at radius 2 is 1.54 bits per heavy atom. The van der Waals surface area contributed by atoms with Crippen LogP contribution in [0.4, 0.5) is 13.2 Å². The molecule has 5 nitrogen and oxygen atoms in total. The zero-order chi connectivity index (χ0) is 18.0. The van der Waals surface area contributed by atoms with E-state index in [2.05, 4.69) is 4.90 Å². The molecule has 2 aliphatic heterocycles. The maximum atomic E-state index is 12.1. The average Bonchev–Trinajstić information content (AvgIpc) is 2.82. The molecule has 0 radical (unpaired) electrons. The number of piperidine rings is 1. The summed E-state index contributed by atoms with van der Waals surface area (Å²) in [6.45, 7) is 3.23. The molecule has 2 saturated heterocycles. The number of rotatable bonds is 3. The van der Waals surface area contributed by atoms with Crippen molar-refractivity contribution in [1.82, 2.24) is 9.80 Å². The number of carbonyl (C=O) groups is 2. The third-order valence-electron chi connectivity index (χ3n) is 4.60. The van der Waals surface area contributed by atoms with Crippen LogP contribution in [0.3, 0.4) is 0 Å². The number of halogens is 3. The zero-order valence-corrected chi connectivity index (χ0v) is 13.9. The van der Waals surface area contributed by atoms with E-state index in [1.54, 1.807) is 4.90 Å². The molecule has 0 bridgehead atoms. The van der Waals surface area contributed by atoms with Gasteiger partial charge >= 0.3 is 6.18 Å². The van der Waals surface area contributed by atoms with Gasteiger partial charge in [0.2, 0.25) is 5.91 Å². The Morgan fingerprint density at radius 3 is 2.00 bits per heavy atom. The molecule has 2 rings (SSSR count). The lowest BCUT2D eigenvalue weighted by Gasteiger charge is -2.38. The van der Waals surface area contributed by atoms with E-state index in [4.69, 9.17) is 9.90 Å². The van der Waals surface area contributed by atoms with E-state index < -0.39 is 19.0 Å². The van der Waals surface area contributed by atoms with Crippen molar-refractivity contribution in [2.75, 3.05) is 26.2 Å². The molecule has 2 heterocycles. The fourth-order valence-corrected chi connectivity index (χ4v) is 3.35. The minimum Gasteiger partial charge on any atom is -0.483 e. The number of hydrogen-bond donors (Lipinski definition) is 1. The Balaban J connectivity index is 0.000000891. The molecule has 0 aromatic rings. The quantitative estimate of drug-likeness (QED) is 0.794. The van der Waals surface area contributed by atoms with Crippen molar-refractivity contribution in [3.05, 3.63) is 0 Å². The Morgan fingerprint density at radius 1 is 1.04 bits per heavy atom. The number of nitrogens with zero attached hydrogens (tertiary/aromatic N) is 2. The Hall–Kier alpha value is -1.31. The van der Waals surface area contributed by atoms with Crippen LogP contribution in [0.1, 0.15) is 51.4 Å². The first-order valence-corrected chi connectivity index (χ1v) is 8.54. The summed E-state index contributed by atoms with van der Waals surface area (Å²) in [6, 6.07) is 0.509. The molecular weight excluding hydrogens is 325 g/mol. The highest BCUT2D eigenvalue weighted by Gasteiger charge is 2.31. The maximum Gasteiger partial charge on any atom is 0.389 e. The summed E-state index contributed by atoms with van der Waals surface area (Å²) in [4.78, 5) is 24.3. The van der Waals surface area contributed by atoms with Gasteiger partial charge in [0, 0.05) is 25.6 Å². The highest BCUT2D eigenvalue weighted by atomic mass is 19.4. The molecule has 0 saturated carbocycles. The number of hydrogen-bond acceptors (Lipinski definition) is 3. The van der Waals surface area contributed by atoms with Gasteiger partial charge in [-0.05, 0) is 38.8 Å². The van der Waals surface area contributed by atoms with Gasteiger partial charge in [0.1, 0.15) is 0 Å². The first-order valence-electron chi connectivity index (χ1n) is 8.54. The fourth-order valence-electron chi connectivity index (χ4n) is 3.35. The molecule has 2 fully saturated rings. The van der Waals surface area contributed by atoms with Crippen LogP contribution in [0.2, 0.25) is 0 Å². The van der Waals surface area contributed by atoms with Gasteiger partial charge in [0.25, 0.3) is 6.47 Å². The normalized spacial score (nSPS) is 20.7.